The van der Waals surface area contributed by atoms with E-state index in [1.807, 2.05) is 12.1 Å². The molecule has 0 aromatic heterocycles. The van der Waals surface area contributed by atoms with Crippen LogP contribution in [0, 0.1) is 5.41 Å². The molecule has 1 aromatic rings. The predicted octanol–water partition coefficient (Wildman–Crippen LogP) is 2.58. The van der Waals surface area contributed by atoms with Gasteiger partial charge in [0.05, 0.1) is 7.11 Å². The van der Waals surface area contributed by atoms with Crippen molar-refractivity contribution in [2.75, 3.05) is 26.8 Å². The van der Waals surface area contributed by atoms with E-state index in [0.29, 0.717) is 0 Å². The average molecular weight is 265 g/mol. The van der Waals surface area contributed by atoms with Crippen LogP contribution in [0.5, 0.6) is 5.75 Å². The molecule has 0 aliphatic heterocycles. The topological polar surface area (TPSA) is 41.5 Å². The van der Waals surface area contributed by atoms with Crippen molar-refractivity contribution in [2.24, 2.45) is 5.41 Å². The number of nitrogens with one attached hydrogen (secondary N) is 1. The zero-order valence-corrected chi connectivity index (χ0v) is 12.8. The minimum Gasteiger partial charge on any atom is -0.497 e. The second-order valence-corrected chi connectivity index (χ2v) is 6.54. The summed E-state index contributed by atoms with van der Waals surface area (Å²) < 4.78 is 5.18. The van der Waals surface area contributed by atoms with Crippen LogP contribution in [-0.4, -0.2) is 31.9 Å². The number of hydrogen-bond acceptors (Lipinski definition) is 3. The molecule has 0 bridgehead atoms. The van der Waals surface area contributed by atoms with Crippen LogP contribution in [0.3, 0.4) is 0 Å². The lowest BCUT2D eigenvalue weighted by molar-refractivity contribution is 0.155. The summed E-state index contributed by atoms with van der Waals surface area (Å²) in [4.78, 5) is 0. The molecule has 0 radical (unpaired) electrons. The Morgan fingerprint density at radius 3 is 2.11 bits per heavy atom. The minimum atomic E-state index is -0.0734. The van der Waals surface area contributed by atoms with Gasteiger partial charge in [0.2, 0.25) is 0 Å². The normalized spacial score (nSPS) is 12.5. The van der Waals surface area contributed by atoms with Crippen LogP contribution in [0.25, 0.3) is 0 Å². The molecule has 0 saturated heterocycles. The molecule has 0 atom stereocenters. The smallest absolute Gasteiger partial charge is 0.118 e. The SMILES string of the molecule is COc1ccc(C(C)(C)CNCC(C)(C)CO)cc1. The summed E-state index contributed by atoms with van der Waals surface area (Å²) in [5, 5.41) is 12.7. The van der Waals surface area contributed by atoms with Gasteiger partial charge in [-0.25, -0.2) is 0 Å². The molecule has 0 fully saturated rings. The van der Waals surface area contributed by atoms with Gasteiger partial charge in [0.25, 0.3) is 0 Å². The van der Waals surface area contributed by atoms with Gasteiger partial charge in [0, 0.05) is 30.5 Å². The van der Waals surface area contributed by atoms with Crippen LogP contribution < -0.4 is 10.1 Å². The van der Waals surface area contributed by atoms with Gasteiger partial charge in [-0.05, 0) is 17.7 Å². The standard InChI is InChI=1S/C16H27NO2/c1-15(2,12-18)10-17-11-16(3,4)13-6-8-14(19-5)9-7-13/h6-9,17-18H,10-12H2,1-5H3. The molecule has 0 amide bonds. The van der Waals surface area contributed by atoms with E-state index in [9.17, 15) is 5.11 Å². The first-order valence-electron chi connectivity index (χ1n) is 6.77. The van der Waals surface area contributed by atoms with E-state index < -0.39 is 0 Å². The lowest BCUT2D eigenvalue weighted by Crippen LogP contribution is -2.39. The highest BCUT2D eigenvalue weighted by Gasteiger charge is 2.22. The first kappa shape index (κ1) is 16.0. The van der Waals surface area contributed by atoms with Gasteiger partial charge in [-0.2, -0.15) is 0 Å². The van der Waals surface area contributed by atoms with E-state index in [-0.39, 0.29) is 17.4 Å². The monoisotopic (exact) mass is 265 g/mol. The largest absolute Gasteiger partial charge is 0.497 e. The Balaban J connectivity index is 2.59. The summed E-state index contributed by atoms with van der Waals surface area (Å²) in [7, 11) is 1.68. The third kappa shape index (κ3) is 4.84. The maximum Gasteiger partial charge on any atom is 0.118 e. The molecule has 0 aliphatic rings. The Morgan fingerprint density at radius 2 is 1.63 bits per heavy atom. The Bertz CT molecular complexity index is 382. The van der Waals surface area contributed by atoms with Crippen LogP contribution in [0.4, 0.5) is 0 Å². The molecule has 0 unspecified atom stereocenters. The van der Waals surface area contributed by atoms with Crippen molar-refractivity contribution in [3.8, 4) is 5.75 Å². The summed E-state index contributed by atoms with van der Waals surface area (Å²) in [5.41, 5.74) is 1.26. The molecular weight excluding hydrogens is 238 g/mol. The van der Waals surface area contributed by atoms with Crippen molar-refractivity contribution in [3.63, 3.8) is 0 Å². The van der Waals surface area contributed by atoms with Crippen molar-refractivity contribution in [1.82, 2.24) is 5.32 Å². The predicted molar refractivity (Wildman–Crippen MR) is 79.8 cm³/mol. The molecule has 0 aliphatic carbocycles. The zero-order valence-electron chi connectivity index (χ0n) is 12.8. The third-order valence-electron chi connectivity index (χ3n) is 3.47. The summed E-state index contributed by atoms with van der Waals surface area (Å²) in [6.45, 7) is 10.4. The zero-order chi connectivity index (χ0) is 14.5. The number of rotatable bonds is 7. The van der Waals surface area contributed by atoms with Crippen LogP contribution in [0.2, 0.25) is 0 Å². The summed E-state index contributed by atoms with van der Waals surface area (Å²) >= 11 is 0. The summed E-state index contributed by atoms with van der Waals surface area (Å²) in [6.07, 6.45) is 0. The number of benzene rings is 1. The van der Waals surface area contributed by atoms with Gasteiger partial charge < -0.3 is 15.2 Å². The maximum atomic E-state index is 9.24. The Kier molecular flexibility index (Phi) is 5.39. The first-order chi connectivity index (χ1) is 8.80. The quantitative estimate of drug-likeness (QED) is 0.796. The van der Waals surface area contributed by atoms with E-state index in [1.54, 1.807) is 7.11 Å². The van der Waals surface area contributed by atoms with Crippen molar-refractivity contribution in [2.45, 2.75) is 33.1 Å². The van der Waals surface area contributed by atoms with Crippen molar-refractivity contribution in [3.05, 3.63) is 29.8 Å². The summed E-state index contributed by atoms with van der Waals surface area (Å²) in [6, 6.07) is 8.21. The Hall–Kier alpha value is -1.06. The molecule has 3 heteroatoms. The fourth-order valence-electron chi connectivity index (χ4n) is 1.91. The first-order valence-corrected chi connectivity index (χ1v) is 6.77. The molecule has 0 saturated carbocycles. The van der Waals surface area contributed by atoms with Gasteiger partial charge in [-0.3, -0.25) is 0 Å². The average Bonchev–Trinajstić information content (AvgIpc) is 2.38. The minimum absolute atomic E-state index is 0.0534. The molecule has 3 nitrogen and oxygen atoms in total. The van der Waals surface area contributed by atoms with Gasteiger partial charge in [0.15, 0.2) is 0 Å². The third-order valence-corrected chi connectivity index (χ3v) is 3.47. The number of aliphatic hydroxyl groups excluding tert-OH is 1. The second kappa shape index (κ2) is 6.40. The molecule has 19 heavy (non-hydrogen) atoms. The fraction of sp³-hybridized carbons (Fsp3) is 0.625. The molecule has 0 spiro atoms. The van der Waals surface area contributed by atoms with E-state index >= 15 is 0 Å². The lowest BCUT2D eigenvalue weighted by Gasteiger charge is -2.29. The van der Waals surface area contributed by atoms with Crippen molar-refractivity contribution in [1.29, 1.82) is 0 Å². The molecule has 0 heterocycles. The second-order valence-electron chi connectivity index (χ2n) is 6.54. The van der Waals surface area contributed by atoms with Gasteiger partial charge in [0.1, 0.15) is 5.75 Å². The fourth-order valence-corrected chi connectivity index (χ4v) is 1.91. The Labute approximate surface area is 117 Å². The Morgan fingerprint density at radius 1 is 1.05 bits per heavy atom. The molecule has 2 N–H and O–H groups in total. The highest BCUT2D eigenvalue weighted by atomic mass is 16.5. The highest BCUT2D eigenvalue weighted by molar-refractivity contribution is 5.31. The van der Waals surface area contributed by atoms with Crippen LogP contribution in [-0.2, 0) is 5.41 Å². The van der Waals surface area contributed by atoms with E-state index in [1.165, 1.54) is 5.56 Å². The number of aliphatic hydroxyl groups is 1. The highest BCUT2D eigenvalue weighted by Crippen LogP contribution is 2.25. The maximum absolute atomic E-state index is 9.24. The van der Waals surface area contributed by atoms with E-state index in [2.05, 4.69) is 45.1 Å². The molecular formula is C16H27NO2. The molecule has 1 aromatic carbocycles. The van der Waals surface area contributed by atoms with Crippen molar-refractivity contribution < 1.29 is 9.84 Å². The summed E-state index contributed by atoms with van der Waals surface area (Å²) in [5.74, 6) is 0.883. The van der Waals surface area contributed by atoms with Crippen LogP contribution in [0.15, 0.2) is 24.3 Å². The van der Waals surface area contributed by atoms with E-state index in [0.717, 1.165) is 18.8 Å². The van der Waals surface area contributed by atoms with Gasteiger partial charge in [-0.1, -0.05) is 39.8 Å². The van der Waals surface area contributed by atoms with Crippen LogP contribution in [0.1, 0.15) is 33.3 Å². The molecule has 108 valence electrons. The molecule has 1 rings (SSSR count). The van der Waals surface area contributed by atoms with Gasteiger partial charge >= 0.3 is 0 Å². The number of methoxy groups -OCH3 is 1. The van der Waals surface area contributed by atoms with Crippen LogP contribution >= 0.6 is 0 Å². The van der Waals surface area contributed by atoms with Gasteiger partial charge in [-0.15, -0.1) is 0 Å². The van der Waals surface area contributed by atoms with E-state index in [4.69, 9.17) is 4.74 Å². The lowest BCUT2D eigenvalue weighted by atomic mass is 9.84. The number of hydrogen-bond donors (Lipinski definition) is 2. The van der Waals surface area contributed by atoms with Crippen molar-refractivity contribution >= 4 is 0 Å². The number of ether oxygens (including phenoxy) is 1.